The predicted octanol–water partition coefficient (Wildman–Crippen LogP) is 6.58. The fourth-order valence-electron chi connectivity index (χ4n) is 11.9. The van der Waals surface area contributed by atoms with Crippen LogP contribution in [0.25, 0.3) is 0 Å². The number of H-pyrrole nitrogens is 1. The third-order valence-electron chi connectivity index (χ3n) is 17.1. The molecule has 0 unspecified atom stereocenters. The van der Waals surface area contributed by atoms with E-state index in [2.05, 4.69) is 67.2 Å². The van der Waals surface area contributed by atoms with Crippen molar-refractivity contribution in [3.63, 3.8) is 0 Å². The van der Waals surface area contributed by atoms with Crippen molar-refractivity contribution < 1.29 is 79.7 Å². The zero-order chi connectivity index (χ0) is 69.2. The molecule has 11 rings (SSSR count). The SMILES string of the molecule is C1COCCN1.COC(=O)C1CCC(OS(C)(=O)=O)CC1.COC(=O)C1CCC(n2cc(N)c(N3CCOCC3)n2)CC1.COC(=O)C1CCC(n2cc([N+](=O)[O-])c(Br)n2)CC1.COC(=O)C1CCC(n2cc([N+](=O)[O-])c(N3CCOCC3)n2)CC1.O=[N+]([O-])c1cn[nH]c1Br. The van der Waals surface area contributed by atoms with Crippen LogP contribution in [-0.4, -0.2) is 206 Å². The van der Waals surface area contributed by atoms with Gasteiger partial charge in [0.15, 0.2) is 10.4 Å². The van der Waals surface area contributed by atoms with Crippen LogP contribution in [0.5, 0.6) is 0 Å². The Balaban J connectivity index is 0.000000188. The molecule has 95 heavy (non-hydrogen) atoms. The van der Waals surface area contributed by atoms with Crippen LogP contribution in [0.15, 0.2) is 34.0 Å². The molecule has 35 nitrogen and oxygen atoms in total. The minimum absolute atomic E-state index is 0.0323. The van der Waals surface area contributed by atoms with E-state index < -0.39 is 20.0 Å². The fraction of sp³-hybridized carbons (Fsp3) is 0.719. The Morgan fingerprint density at radius 2 is 0.895 bits per heavy atom. The number of morpholine rings is 3. The van der Waals surface area contributed by atoms with E-state index in [0.29, 0.717) is 68.4 Å². The second kappa shape index (κ2) is 38.7. The number of hydrogen-bond acceptors (Lipinski definition) is 28. The lowest BCUT2D eigenvalue weighted by Gasteiger charge is -2.28. The highest BCUT2D eigenvalue weighted by Gasteiger charge is 2.35. The molecule has 38 heteroatoms. The van der Waals surface area contributed by atoms with Crippen LogP contribution in [0, 0.1) is 54.0 Å². The van der Waals surface area contributed by atoms with Crippen LogP contribution < -0.4 is 20.9 Å². The summed E-state index contributed by atoms with van der Waals surface area (Å²) in [5.74, 6) is 0.421. The lowest BCUT2D eigenvalue weighted by molar-refractivity contribution is -0.385. The van der Waals surface area contributed by atoms with Crippen molar-refractivity contribution >= 4 is 100 Å². The quantitative estimate of drug-likeness (QED) is 0.0394. The molecule has 3 aliphatic heterocycles. The third kappa shape index (κ3) is 24.0. The number of methoxy groups -OCH3 is 4. The first-order valence-electron chi connectivity index (χ1n) is 31.4. The number of nitrogens with one attached hydrogen (secondary N) is 2. The van der Waals surface area contributed by atoms with E-state index >= 15 is 0 Å². The van der Waals surface area contributed by atoms with Gasteiger partial charge in [-0.05, 0) is 135 Å². The van der Waals surface area contributed by atoms with Crippen LogP contribution in [-0.2, 0) is 66.6 Å². The van der Waals surface area contributed by atoms with Gasteiger partial charge in [-0.25, -0.2) is 0 Å². The van der Waals surface area contributed by atoms with Crippen LogP contribution in [0.4, 0.5) is 34.4 Å². The van der Waals surface area contributed by atoms with Crippen molar-refractivity contribution in [3.05, 3.63) is 64.3 Å². The first-order chi connectivity index (χ1) is 45.4. The molecule has 0 spiro atoms. The molecule has 7 heterocycles. The summed E-state index contributed by atoms with van der Waals surface area (Å²) in [4.78, 5) is 80.6. The van der Waals surface area contributed by atoms with Gasteiger partial charge in [0, 0.05) is 39.3 Å². The number of ether oxygens (including phenoxy) is 7. The highest BCUT2D eigenvalue weighted by atomic mass is 79.9. The molecule has 4 aliphatic carbocycles. The molecule has 4 aromatic rings. The molecule has 0 amide bonds. The van der Waals surface area contributed by atoms with Gasteiger partial charge in [0.2, 0.25) is 10.4 Å². The summed E-state index contributed by atoms with van der Waals surface area (Å²) in [5.41, 5.74) is 6.81. The standard InChI is InChI=1S/C15H22N4O5.C15H24N4O3.C11H14BrN3O4.C9H16O5S.C4H9NO.C3H2BrN3O2/c1-23-15(20)11-2-4-12(5-3-11)18-10-13(19(21)22)14(16-18)17-6-8-24-9-7-17;1-21-15(20)11-2-4-12(5-3-11)19-10-13(16)14(17-19)18-6-8-22-9-7-18;1-19-11(16)7-2-4-8(5-3-7)14-6-9(15(17)18)10(12)13-14;1-13-9(10)7-3-5-8(6-4-7)14-15(2,11)12;1-3-6-4-2-5-1;4-3-2(7(8)9)1-5-6-3/h10-12H,2-9H2,1H3;10-12H,2-9,16H2,1H3;6-8H,2-5H2,1H3;7-8H,3-6H2,1-2H3;5H,1-4H2;1H,(H,5,6). The maximum Gasteiger partial charge on any atom is 0.330 e. The van der Waals surface area contributed by atoms with Crippen molar-refractivity contribution in [2.75, 3.05) is 129 Å². The summed E-state index contributed by atoms with van der Waals surface area (Å²) >= 11 is 5.99. The minimum atomic E-state index is -3.38. The Kier molecular flexibility index (Phi) is 31.4. The number of halogens is 2. The Hall–Kier alpha value is -6.97. The molecule has 0 bridgehead atoms. The zero-order valence-corrected chi connectivity index (χ0v) is 58.0. The molecule has 7 fully saturated rings. The van der Waals surface area contributed by atoms with Gasteiger partial charge in [-0.3, -0.25) is 72.8 Å². The maximum absolute atomic E-state index is 11.6. The number of aromatic nitrogens is 8. The van der Waals surface area contributed by atoms with Gasteiger partial charge in [0.05, 0.1) is 149 Å². The smallest absolute Gasteiger partial charge is 0.330 e. The molecule has 4 saturated carbocycles. The zero-order valence-electron chi connectivity index (χ0n) is 54.0. The number of carbonyl (C=O) groups is 4. The minimum Gasteiger partial charge on any atom is -0.469 e. The van der Waals surface area contributed by atoms with Crippen molar-refractivity contribution in [1.82, 2.24) is 44.9 Å². The number of nitro groups is 3. The number of nitrogens with zero attached hydrogens (tertiary/aromatic N) is 12. The van der Waals surface area contributed by atoms with E-state index in [-0.39, 0.29) is 92.3 Å². The molecule has 7 aliphatic rings. The van der Waals surface area contributed by atoms with Gasteiger partial charge in [-0.15, -0.1) is 5.10 Å². The molecule has 3 saturated heterocycles. The van der Waals surface area contributed by atoms with Crippen LogP contribution in [0.3, 0.4) is 0 Å². The van der Waals surface area contributed by atoms with E-state index in [1.807, 2.05) is 15.8 Å². The van der Waals surface area contributed by atoms with E-state index in [1.54, 1.807) is 9.36 Å². The topological polar surface area (TPSA) is 432 Å². The normalized spacial score (nSPS) is 23.6. The second-order valence-corrected chi connectivity index (χ2v) is 26.4. The number of anilines is 3. The number of aromatic amines is 1. The highest BCUT2D eigenvalue weighted by Crippen LogP contribution is 2.39. The van der Waals surface area contributed by atoms with Crippen molar-refractivity contribution in [2.24, 2.45) is 23.7 Å². The van der Waals surface area contributed by atoms with Gasteiger partial charge in [-0.2, -0.15) is 23.7 Å². The maximum atomic E-state index is 11.6. The first kappa shape index (κ1) is 77.0. The summed E-state index contributed by atoms with van der Waals surface area (Å²) in [6, 6.07) is 0.503. The molecule has 0 aromatic carbocycles. The lowest BCUT2D eigenvalue weighted by Crippen LogP contribution is -2.37. The molecular weight excluding hydrogens is 1410 g/mol. The number of esters is 4. The number of hydrogen-bond donors (Lipinski definition) is 3. The summed E-state index contributed by atoms with van der Waals surface area (Å²) in [6.45, 7) is 9.24. The molecule has 4 N–H and O–H groups in total. The Morgan fingerprint density at radius 3 is 1.22 bits per heavy atom. The van der Waals surface area contributed by atoms with Crippen LogP contribution >= 0.6 is 31.9 Å². The molecular formula is C57H87Br2N15O20S. The van der Waals surface area contributed by atoms with Gasteiger partial charge >= 0.3 is 40.9 Å². The number of nitrogen functional groups attached to an aromatic ring is 1. The number of carbonyl (C=O) groups excluding carboxylic acids is 4. The first-order valence-corrected chi connectivity index (χ1v) is 34.8. The molecule has 0 radical (unpaired) electrons. The largest absolute Gasteiger partial charge is 0.469 e. The monoisotopic (exact) mass is 1490 g/mol. The van der Waals surface area contributed by atoms with E-state index in [0.717, 1.165) is 154 Å². The second-order valence-electron chi connectivity index (χ2n) is 23.3. The van der Waals surface area contributed by atoms with Crippen LogP contribution in [0.1, 0.15) is 121 Å². The average Bonchev–Trinajstić information content (AvgIpc) is 1.72. The Bertz CT molecular complexity index is 3200. The van der Waals surface area contributed by atoms with Gasteiger partial charge in [0.25, 0.3) is 10.1 Å². The highest BCUT2D eigenvalue weighted by molar-refractivity contribution is 9.10. The Labute approximate surface area is 566 Å². The number of rotatable bonds is 14. The van der Waals surface area contributed by atoms with E-state index in [1.165, 1.54) is 40.8 Å². The Morgan fingerprint density at radius 1 is 0.537 bits per heavy atom. The van der Waals surface area contributed by atoms with Crippen molar-refractivity contribution in [2.45, 2.75) is 127 Å². The van der Waals surface area contributed by atoms with Crippen LogP contribution in [0.2, 0.25) is 0 Å². The van der Waals surface area contributed by atoms with E-state index in [4.69, 9.17) is 43.4 Å². The number of nitrogens with two attached hydrogens (primary N) is 1. The fourth-order valence-corrected chi connectivity index (χ4v) is 13.4. The summed E-state index contributed by atoms with van der Waals surface area (Å²) in [5, 5.41) is 54.4. The van der Waals surface area contributed by atoms with Crippen molar-refractivity contribution in [1.29, 1.82) is 0 Å². The summed E-state index contributed by atoms with van der Waals surface area (Å²) < 4.78 is 67.1. The lowest BCUT2D eigenvalue weighted by atomic mass is 9.86. The van der Waals surface area contributed by atoms with E-state index in [9.17, 15) is 57.9 Å². The summed E-state index contributed by atoms with van der Waals surface area (Å²) in [6.07, 6.45) is 18.8. The third-order valence-corrected chi connectivity index (χ3v) is 18.8. The summed E-state index contributed by atoms with van der Waals surface area (Å²) in [7, 11) is 2.23. The van der Waals surface area contributed by atoms with Gasteiger partial charge < -0.3 is 54.0 Å². The van der Waals surface area contributed by atoms with Gasteiger partial charge in [0.1, 0.15) is 18.6 Å². The van der Waals surface area contributed by atoms with Gasteiger partial charge in [-0.1, -0.05) is 0 Å². The molecule has 0 atom stereocenters. The molecule has 4 aromatic heterocycles. The van der Waals surface area contributed by atoms with Crippen molar-refractivity contribution in [3.8, 4) is 0 Å². The molecule has 530 valence electrons. The predicted molar refractivity (Wildman–Crippen MR) is 348 cm³/mol. The average molecular weight is 1490 g/mol.